The van der Waals surface area contributed by atoms with Crippen LogP contribution in [0.2, 0.25) is 0 Å². The molecule has 0 heterocycles. The van der Waals surface area contributed by atoms with Crippen molar-refractivity contribution in [1.29, 1.82) is 0 Å². The highest BCUT2D eigenvalue weighted by atomic mass is 35.7. The van der Waals surface area contributed by atoms with Gasteiger partial charge >= 0.3 is 0 Å². The molecule has 25 heavy (non-hydrogen) atoms. The third-order valence-corrected chi connectivity index (χ3v) is 7.86. The van der Waals surface area contributed by atoms with Crippen molar-refractivity contribution in [2.45, 2.75) is 21.6 Å². The first-order valence-corrected chi connectivity index (χ1v) is 10.3. The van der Waals surface area contributed by atoms with Gasteiger partial charge in [-0.25, -0.2) is 0 Å². The van der Waals surface area contributed by atoms with Crippen LogP contribution in [0.5, 0.6) is 0 Å². The van der Waals surface area contributed by atoms with Crippen LogP contribution in [0.15, 0.2) is 99.6 Å². The second-order valence-electron chi connectivity index (χ2n) is 5.44. The second kappa shape index (κ2) is 7.17. The molecule has 0 aliphatic rings. The molecular weight excluding hydrogens is 360 g/mol. The Morgan fingerprint density at radius 3 is 1.44 bits per heavy atom. The quantitative estimate of drug-likeness (QED) is 0.683. The number of hydrogen-bond donors (Lipinski definition) is 0. The van der Waals surface area contributed by atoms with Gasteiger partial charge in [0.1, 0.15) is 3.74 Å². The molecular formula is C19H17ClO4S. The standard InChI is InChI=1S/C19H17ClO4S/c1-16-12-14-19(15-13-16)25(24-20(21,22)23,17-8-4-2-5-9-17)18-10-6-3-7-11-18/h2-15H,1H3. The van der Waals surface area contributed by atoms with Crippen LogP contribution in [-0.4, -0.2) is 0 Å². The van der Waals surface area contributed by atoms with E-state index in [1.54, 1.807) is 48.5 Å². The SMILES string of the molecule is Cc1ccc(S(O[Cl+3]([O-])([O-])[O-])(c2ccccc2)c2ccccc2)cc1. The van der Waals surface area contributed by atoms with Gasteiger partial charge in [-0.2, -0.15) is 14.0 Å². The molecule has 0 aromatic heterocycles. The number of rotatable bonds is 5. The Kier molecular flexibility index (Phi) is 5.15. The van der Waals surface area contributed by atoms with E-state index in [-0.39, 0.29) is 0 Å². The highest BCUT2D eigenvalue weighted by molar-refractivity contribution is 8.29. The molecule has 3 rings (SSSR count). The summed E-state index contributed by atoms with van der Waals surface area (Å²) in [5, 5.41) is 0. The molecule has 0 fully saturated rings. The molecule has 0 atom stereocenters. The van der Waals surface area contributed by atoms with Crippen LogP contribution in [0.25, 0.3) is 0 Å². The summed E-state index contributed by atoms with van der Waals surface area (Å²) < 4.78 is 40.2. The Bertz CT molecular complexity index is 778. The number of hydrogen-bond acceptors (Lipinski definition) is 4. The molecule has 130 valence electrons. The maximum absolute atomic E-state index is 11.6. The molecule has 3 aromatic rings. The molecule has 0 bridgehead atoms. The van der Waals surface area contributed by atoms with E-state index in [9.17, 15) is 14.0 Å². The van der Waals surface area contributed by atoms with E-state index >= 15 is 0 Å². The van der Waals surface area contributed by atoms with E-state index < -0.39 is 20.6 Å². The second-order valence-corrected chi connectivity index (χ2v) is 9.22. The fraction of sp³-hybridized carbons (Fsp3) is 0.0526. The van der Waals surface area contributed by atoms with E-state index in [4.69, 9.17) is 3.74 Å². The van der Waals surface area contributed by atoms with Crippen molar-refractivity contribution in [1.82, 2.24) is 0 Å². The molecule has 0 unspecified atom stereocenters. The Balaban J connectivity index is 2.33. The predicted molar refractivity (Wildman–Crippen MR) is 87.5 cm³/mol. The lowest BCUT2D eigenvalue weighted by atomic mass is 10.2. The third kappa shape index (κ3) is 3.88. The van der Waals surface area contributed by atoms with Gasteiger partial charge in [-0.1, -0.05) is 54.1 Å². The lowest BCUT2D eigenvalue weighted by molar-refractivity contribution is -1.91. The topological polar surface area (TPSA) is 78.4 Å². The molecule has 0 saturated heterocycles. The lowest BCUT2D eigenvalue weighted by Crippen LogP contribution is -2.61. The number of benzene rings is 3. The summed E-state index contributed by atoms with van der Waals surface area (Å²) in [5.74, 6) is 0. The van der Waals surface area contributed by atoms with Gasteiger partial charge < -0.3 is 0 Å². The molecule has 3 aromatic carbocycles. The van der Waals surface area contributed by atoms with Crippen LogP contribution in [0.3, 0.4) is 0 Å². The zero-order valence-electron chi connectivity index (χ0n) is 13.5. The number of aryl methyl sites for hydroxylation is 1. The summed E-state index contributed by atoms with van der Waals surface area (Å²) in [5.41, 5.74) is 1.03. The van der Waals surface area contributed by atoms with Crippen molar-refractivity contribution in [3.63, 3.8) is 0 Å². The van der Waals surface area contributed by atoms with Gasteiger partial charge in [0.25, 0.3) is 0 Å². The summed E-state index contributed by atoms with van der Waals surface area (Å²) >= 11 is 0. The van der Waals surface area contributed by atoms with E-state index in [1.807, 2.05) is 43.3 Å². The lowest BCUT2D eigenvalue weighted by Gasteiger charge is -2.34. The van der Waals surface area contributed by atoms with Gasteiger partial charge in [-0.15, -0.1) is 0 Å². The summed E-state index contributed by atoms with van der Waals surface area (Å²) in [6.45, 7) is 1.94. The predicted octanol–water partition coefficient (Wildman–Crippen LogP) is 2.11. The molecule has 0 amide bonds. The van der Waals surface area contributed by atoms with Crippen LogP contribution >= 0.6 is 10.3 Å². The third-order valence-electron chi connectivity index (χ3n) is 3.67. The van der Waals surface area contributed by atoms with Gasteiger partial charge in [-0.3, -0.25) is 0 Å². The van der Waals surface area contributed by atoms with Crippen molar-refractivity contribution in [3.05, 3.63) is 90.5 Å². The molecule has 6 heteroatoms. The van der Waals surface area contributed by atoms with Crippen LogP contribution in [0.4, 0.5) is 0 Å². The molecule has 0 aliphatic heterocycles. The Morgan fingerprint density at radius 2 is 1.04 bits per heavy atom. The van der Waals surface area contributed by atoms with Crippen molar-refractivity contribution in [3.8, 4) is 0 Å². The van der Waals surface area contributed by atoms with Crippen LogP contribution in [0.1, 0.15) is 5.56 Å². The highest BCUT2D eigenvalue weighted by Gasteiger charge is 2.46. The maximum Gasteiger partial charge on any atom is 0.134 e. The largest absolute Gasteiger partial charge is 0.182 e. The zero-order valence-corrected chi connectivity index (χ0v) is 15.1. The van der Waals surface area contributed by atoms with E-state index in [1.165, 1.54) is 0 Å². The van der Waals surface area contributed by atoms with Crippen LogP contribution in [-0.2, 0) is 3.74 Å². The average molecular weight is 377 g/mol. The molecule has 0 aliphatic carbocycles. The first kappa shape index (κ1) is 17.9. The van der Waals surface area contributed by atoms with E-state index in [2.05, 4.69) is 0 Å². The Morgan fingerprint density at radius 1 is 0.640 bits per heavy atom. The van der Waals surface area contributed by atoms with Gasteiger partial charge in [0.2, 0.25) is 0 Å². The molecule has 0 N–H and O–H groups in total. The van der Waals surface area contributed by atoms with Crippen molar-refractivity contribution >= 4 is 10.3 Å². The van der Waals surface area contributed by atoms with Crippen LogP contribution < -0.4 is 14.0 Å². The zero-order chi connectivity index (χ0) is 17.9. The van der Waals surface area contributed by atoms with Gasteiger partial charge in [-0.05, 0) is 43.3 Å². The first-order chi connectivity index (χ1) is 11.9. The monoisotopic (exact) mass is 376 g/mol. The molecule has 0 saturated carbocycles. The minimum absolute atomic E-state index is 0.636. The normalized spacial score (nSPS) is 12.8. The van der Waals surface area contributed by atoms with Gasteiger partial charge in [0.05, 0.1) is 20.6 Å². The van der Waals surface area contributed by atoms with E-state index in [0.29, 0.717) is 14.7 Å². The fourth-order valence-electron chi connectivity index (χ4n) is 2.59. The molecule has 0 radical (unpaired) electrons. The minimum atomic E-state index is -4.64. The number of halogens is 1. The van der Waals surface area contributed by atoms with Gasteiger partial charge in [0, 0.05) is 14.7 Å². The minimum Gasteiger partial charge on any atom is -0.182 e. The maximum atomic E-state index is 11.6. The summed E-state index contributed by atoms with van der Waals surface area (Å²) in [7, 11) is -7.36. The van der Waals surface area contributed by atoms with Crippen molar-refractivity contribution in [2.75, 3.05) is 0 Å². The van der Waals surface area contributed by atoms with Gasteiger partial charge in [0.15, 0.2) is 0 Å². The van der Waals surface area contributed by atoms with Crippen molar-refractivity contribution < 1.29 is 28.0 Å². The molecule has 4 nitrogen and oxygen atoms in total. The molecule has 0 spiro atoms. The smallest absolute Gasteiger partial charge is 0.134 e. The average Bonchev–Trinajstić information content (AvgIpc) is 2.61. The Labute approximate surface area is 150 Å². The summed E-state index contributed by atoms with van der Waals surface area (Å²) in [6.07, 6.45) is 0. The summed E-state index contributed by atoms with van der Waals surface area (Å²) in [6, 6.07) is 25.3. The highest BCUT2D eigenvalue weighted by Crippen LogP contribution is 2.69. The summed E-state index contributed by atoms with van der Waals surface area (Å²) in [4.78, 5) is 1.91. The first-order valence-electron chi connectivity index (χ1n) is 7.54. The fourth-order valence-corrected chi connectivity index (χ4v) is 6.80. The van der Waals surface area contributed by atoms with E-state index in [0.717, 1.165) is 5.56 Å². The van der Waals surface area contributed by atoms with Crippen LogP contribution in [0, 0.1) is 17.2 Å². The Hall–Kier alpha value is -1.86. The van der Waals surface area contributed by atoms with Crippen molar-refractivity contribution in [2.24, 2.45) is 0 Å².